The second-order valence-electron chi connectivity index (χ2n) is 6.53. The van der Waals surface area contributed by atoms with Crippen LogP contribution in [-0.4, -0.2) is 29.3 Å². The van der Waals surface area contributed by atoms with E-state index in [-0.39, 0.29) is 11.6 Å². The topological polar surface area (TPSA) is 41.1 Å². The van der Waals surface area contributed by atoms with Gasteiger partial charge < -0.3 is 4.74 Å². The predicted molar refractivity (Wildman–Crippen MR) is 108 cm³/mol. The third-order valence-corrected chi connectivity index (χ3v) is 5.59. The summed E-state index contributed by atoms with van der Waals surface area (Å²) in [6.45, 7) is 1.56. The fourth-order valence-electron chi connectivity index (χ4n) is 3.23. The first-order valence-electron chi connectivity index (χ1n) is 8.66. The molecule has 0 radical (unpaired) electrons. The summed E-state index contributed by atoms with van der Waals surface area (Å²) in [4.78, 5) is 3.55. The third kappa shape index (κ3) is 3.72. The molecule has 0 spiro atoms. The Morgan fingerprint density at radius 2 is 2.00 bits per heavy atom. The summed E-state index contributed by atoms with van der Waals surface area (Å²) in [6, 6.07) is 15.6. The van der Waals surface area contributed by atoms with Gasteiger partial charge in [-0.05, 0) is 42.8 Å². The van der Waals surface area contributed by atoms with E-state index >= 15 is 0 Å². The lowest BCUT2D eigenvalue weighted by atomic mass is 10.1. The Balaban J connectivity index is 1.51. The van der Waals surface area contributed by atoms with Crippen molar-refractivity contribution in [3.8, 4) is 17.0 Å². The van der Waals surface area contributed by atoms with Crippen molar-refractivity contribution in [2.24, 2.45) is 0 Å². The van der Waals surface area contributed by atoms with Gasteiger partial charge in [0.1, 0.15) is 0 Å². The quantitative estimate of drug-likeness (QED) is 0.507. The first-order chi connectivity index (χ1) is 13.1. The minimum Gasteiger partial charge on any atom is -0.494 e. The molecule has 2 heterocycles. The lowest BCUT2D eigenvalue weighted by Gasteiger charge is -2.15. The lowest BCUT2D eigenvalue weighted by molar-refractivity contribution is 0.322. The van der Waals surface area contributed by atoms with Crippen molar-refractivity contribution in [1.29, 1.82) is 0 Å². The number of hydrogen-bond donors (Lipinski definition) is 1. The van der Waals surface area contributed by atoms with E-state index in [9.17, 15) is 4.39 Å². The molecule has 2 aromatic heterocycles. The molecule has 0 aliphatic rings. The van der Waals surface area contributed by atoms with Crippen molar-refractivity contribution < 1.29 is 9.13 Å². The molecule has 6 heteroatoms. The van der Waals surface area contributed by atoms with Crippen molar-refractivity contribution in [2.45, 2.75) is 13.1 Å². The highest BCUT2D eigenvalue weighted by molar-refractivity contribution is 7.19. The Hall–Kier alpha value is -2.70. The number of nitrogens with one attached hydrogen (secondary N) is 1. The van der Waals surface area contributed by atoms with E-state index in [0.29, 0.717) is 6.54 Å². The minimum atomic E-state index is -0.386. The van der Waals surface area contributed by atoms with Crippen molar-refractivity contribution in [1.82, 2.24) is 15.1 Å². The second-order valence-corrected chi connectivity index (χ2v) is 7.70. The summed E-state index contributed by atoms with van der Waals surface area (Å²) >= 11 is 1.82. The Labute approximate surface area is 161 Å². The zero-order chi connectivity index (χ0) is 18.8. The highest BCUT2D eigenvalue weighted by Gasteiger charge is 2.14. The molecule has 1 N–H and O–H groups in total. The molecule has 0 saturated carbocycles. The largest absolute Gasteiger partial charge is 0.494 e. The minimum absolute atomic E-state index is 0.234. The smallest absolute Gasteiger partial charge is 0.165 e. The fraction of sp³-hybridized carbons (Fsp3) is 0.190. The number of methoxy groups -OCH3 is 1. The number of H-pyrrole nitrogens is 1. The highest BCUT2D eigenvalue weighted by atomic mass is 32.1. The molecular weight excluding hydrogens is 361 g/mol. The monoisotopic (exact) mass is 381 g/mol. The zero-order valence-electron chi connectivity index (χ0n) is 15.2. The normalized spacial score (nSPS) is 11.4. The van der Waals surface area contributed by atoms with Gasteiger partial charge in [0.2, 0.25) is 0 Å². The van der Waals surface area contributed by atoms with Gasteiger partial charge in [0.25, 0.3) is 0 Å². The molecule has 0 bridgehead atoms. The van der Waals surface area contributed by atoms with E-state index in [1.54, 1.807) is 6.07 Å². The van der Waals surface area contributed by atoms with Crippen LogP contribution in [0, 0.1) is 5.82 Å². The van der Waals surface area contributed by atoms with Gasteiger partial charge in [0.05, 0.1) is 12.8 Å². The number of ether oxygens (including phenoxy) is 1. The third-order valence-electron chi connectivity index (χ3n) is 4.49. The van der Waals surface area contributed by atoms with Crippen LogP contribution in [0.25, 0.3) is 21.3 Å². The van der Waals surface area contributed by atoms with Gasteiger partial charge in [-0.1, -0.05) is 18.2 Å². The van der Waals surface area contributed by atoms with Crippen LogP contribution >= 0.6 is 11.3 Å². The van der Waals surface area contributed by atoms with E-state index in [1.165, 1.54) is 28.1 Å². The van der Waals surface area contributed by atoms with Crippen molar-refractivity contribution in [3.63, 3.8) is 0 Å². The van der Waals surface area contributed by atoms with Gasteiger partial charge >= 0.3 is 0 Å². The van der Waals surface area contributed by atoms with Crippen LogP contribution in [0.15, 0.2) is 54.7 Å². The summed E-state index contributed by atoms with van der Waals surface area (Å²) in [7, 11) is 3.54. The van der Waals surface area contributed by atoms with E-state index in [4.69, 9.17) is 4.74 Å². The molecule has 0 fully saturated rings. The standard InChI is InChI=1S/C21H20FN3OS/c1-25(13-17-9-14-5-3-4-6-20(14)27-17)12-16-11-23-24-21(16)15-7-8-19(26-2)18(22)10-15/h3-11H,12-13H2,1-2H3,(H,23,24). The van der Waals surface area contributed by atoms with Gasteiger partial charge in [0, 0.05) is 40.0 Å². The van der Waals surface area contributed by atoms with E-state index in [1.807, 2.05) is 23.6 Å². The van der Waals surface area contributed by atoms with Crippen LogP contribution in [0.4, 0.5) is 4.39 Å². The molecule has 0 amide bonds. The summed E-state index contributed by atoms with van der Waals surface area (Å²) in [6.07, 6.45) is 1.87. The van der Waals surface area contributed by atoms with E-state index in [2.05, 4.69) is 52.5 Å². The molecular formula is C21H20FN3OS. The molecule has 2 aromatic carbocycles. The zero-order valence-corrected chi connectivity index (χ0v) is 16.0. The molecule has 0 unspecified atom stereocenters. The number of nitrogens with zero attached hydrogens (tertiary/aromatic N) is 2. The van der Waals surface area contributed by atoms with Crippen molar-refractivity contribution in [2.75, 3.05) is 14.2 Å². The number of fused-ring (bicyclic) bond motifs is 1. The number of aromatic amines is 1. The maximum absolute atomic E-state index is 14.1. The van der Waals surface area contributed by atoms with Crippen LogP contribution in [0.1, 0.15) is 10.4 Å². The Morgan fingerprint density at radius 3 is 2.78 bits per heavy atom. The van der Waals surface area contributed by atoms with Crippen LogP contribution in [0.5, 0.6) is 5.75 Å². The summed E-state index contributed by atoms with van der Waals surface area (Å²) in [5.41, 5.74) is 2.53. The molecule has 0 aliphatic carbocycles. The highest BCUT2D eigenvalue weighted by Crippen LogP contribution is 2.29. The Kier molecular flexibility index (Phi) is 4.92. The molecule has 0 saturated heterocycles. The first kappa shape index (κ1) is 17.7. The molecule has 0 aliphatic heterocycles. The van der Waals surface area contributed by atoms with Crippen LogP contribution in [0.3, 0.4) is 0 Å². The first-order valence-corrected chi connectivity index (χ1v) is 9.48. The number of aromatic nitrogens is 2. The van der Waals surface area contributed by atoms with Gasteiger partial charge in [-0.25, -0.2) is 4.39 Å². The van der Waals surface area contributed by atoms with Crippen LogP contribution < -0.4 is 4.74 Å². The molecule has 4 nitrogen and oxygen atoms in total. The van der Waals surface area contributed by atoms with E-state index in [0.717, 1.165) is 23.4 Å². The Bertz CT molecular complexity index is 1040. The summed E-state index contributed by atoms with van der Waals surface area (Å²) in [5, 5.41) is 8.51. The van der Waals surface area contributed by atoms with Crippen molar-refractivity contribution in [3.05, 3.63) is 71.0 Å². The van der Waals surface area contributed by atoms with Gasteiger partial charge in [0.15, 0.2) is 11.6 Å². The molecule has 4 rings (SSSR count). The maximum Gasteiger partial charge on any atom is 0.165 e. The maximum atomic E-state index is 14.1. The number of thiophene rings is 1. The van der Waals surface area contributed by atoms with Gasteiger partial charge in [-0.3, -0.25) is 10.00 Å². The number of hydrogen-bond acceptors (Lipinski definition) is 4. The average Bonchev–Trinajstić information content (AvgIpc) is 3.27. The van der Waals surface area contributed by atoms with Gasteiger partial charge in [-0.2, -0.15) is 5.10 Å². The second kappa shape index (κ2) is 7.50. The Morgan fingerprint density at radius 1 is 1.15 bits per heavy atom. The fourth-order valence-corrected chi connectivity index (χ4v) is 4.37. The number of halogens is 1. The summed E-state index contributed by atoms with van der Waals surface area (Å²) in [5.74, 6) is -0.153. The predicted octanol–water partition coefficient (Wildman–Crippen LogP) is 5.07. The molecule has 138 valence electrons. The number of benzene rings is 2. The van der Waals surface area contributed by atoms with Crippen LogP contribution in [-0.2, 0) is 13.1 Å². The lowest BCUT2D eigenvalue weighted by Crippen LogP contribution is -2.16. The summed E-state index contributed by atoms with van der Waals surface area (Å²) < 4.78 is 20.4. The van der Waals surface area contributed by atoms with E-state index < -0.39 is 0 Å². The molecule has 27 heavy (non-hydrogen) atoms. The average molecular weight is 381 g/mol. The molecule has 0 atom stereocenters. The van der Waals surface area contributed by atoms with Crippen LogP contribution in [0.2, 0.25) is 0 Å². The molecule has 4 aromatic rings. The van der Waals surface area contributed by atoms with Crippen molar-refractivity contribution >= 4 is 21.4 Å². The SMILES string of the molecule is COc1ccc(-c2n[nH]cc2CN(C)Cc2cc3ccccc3s2)cc1F. The number of rotatable bonds is 6. The van der Waals surface area contributed by atoms with Gasteiger partial charge in [-0.15, -0.1) is 11.3 Å².